The molecule has 3 nitrogen and oxygen atoms in total. The van der Waals surface area contributed by atoms with Crippen LogP contribution in [0.15, 0.2) is 24.3 Å². The van der Waals surface area contributed by atoms with E-state index in [1.54, 1.807) is 0 Å². The number of aliphatic carboxylic acids is 1. The average Bonchev–Trinajstić information content (AvgIpc) is 2.48. The van der Waals surface area contributed by atoms with Crippen LogP contribution in [0.2, 0.25) is 0 Å². The van der Waals surface area contributed by atoms with Gasteiger partial charge in [0.25, 0.3) is 0 Å². The van der Waals surface area contributed by atoms with Gasteiger partial charge in [-0.1, -0.05) is 49.6 Å². The Morgan fingerprint density at radius 2 is 2.10 bits per heavy atom. The first-order valence-corrected chi connectivity index (χ1v) is 8.15. The Morgan fingerprint density at radius 3 is 2.67 bits per heavy atom. The second-order valence-electron chi connectivity index (χ2n) is 6.22. The van der Waals surface area contributed by atoms with Gasteiger partial charge in [-0.2, -0.15) is 0 Å². The highest BCUT2D eigenvalue weighted by molar-refractivity contribution is 5.70. The van der Waals surface area contributed by atoms with Gasteiger partial charge in [0, 0.05) is 6.04 Å². The normalized spacial score (nSPS) is 18.6. The van der Waals surface area contributed by atoms with Gasteiger partial charge in [0.05, 0.1) is 5.92 Å². The molecule has 0 radical (unpaired) electrons. The predicted molar refractivity (Wildman–Crippen MR) is 85.4 cm³/mol. The lowest BCUT2D eigenvalue weighted by Crippen LogP contribution is -2.38. The summed E-state index contributed by atoms with van der Waals surface area (Å²) in [6.45, 7) is 6.17. The number of benzene rings is 1. The Hall–Kier alpha value is -1.35. The van der Waals surface area contributed by atoms with Crippen LogP contribution >= 0.6 is 0 Å². The van der Waals surface area contributed by atoms with Gasteiger partial charge in [-0.3, -0.25) is 9.69 Å². The minimum Gasteiger partial charge on any atom is -0.481 e. The number of nitrogens with zero attached hydrogens (tertiary/aromatic N) is 1. The number of piperidine rings is 1. The lowest BCUT2D eigenvalue weighted by Gasteiger charge is -2.37. The lowest BCUT2D eigenvalue weighted by molar-refractivity contribution is -0.143. The van der Waals surface area contributed by atoms with Crippen molar-refractivity contribution < 1.29 is 9.90 Å². The van der Waals surface area contributed by atoms with Crippen molar-refractivity contribution in [2.75, 3.05) is 13.1 Å². The molecule has 1 aliphatic rings. The minimum atomic E-state index is -0.629. The van der Waals surface area contributed by atoms with Gasteiger partial charge >= 0.3 is 5.97 Å². The van der Waals surface area contributed by atoms with E-state index >= 15 is 0 Å². The van der Waals surface area contributed by atoms with Crippen LogP contribution in [0.4, 0.5) is 0 Å². The van der Waals surface area contributed by atoms with E-state index in [-0.39, 0.29) is 5.92 Å². The summed E-state index contributed by atoms with van der Waals surface area (Å²) < 4.78 is 0. The molecule has 1 N–H and O–H groups in total. The van der Waals surface area contributed by atoms with Crippen molar-refractivity contribution in [3.8, 4) is 0 Å². The van der Waals surface area contributed by atoms with Crippen LogP contribution in [0.5, 0.6) is 0 Å². The number of carboxylic acids is 1. The molecule has 1 unspecified atom stereocenters. The van der Waals surface area contributed by atoms with Crippen LogP contribution in [-0.2, 0) is 4.79 Å². The molecule has 21 heavy (non-hydrogen) atoms. The van der Waals surface area contributed by atoms with Crippen molar-refractivity contribution in [3.05, 3.63) is 35.4 Å². The quantitative estimate of drug-likeness (QED) is 0.859. The maximum Gasteiger partial charge on any atom is 0.306 e. The topological polar surface area (TPSA) is 40.5 Å². The third-order valence-electron chi connectivity index (χ3n) is 4.58. The highest BCUT2D eigenvalue weighted by Gasteiger charge is 2.28. The first-order chi connectivity index (χ1) is 10.1. The molecule has 0 aromatic heterocycles. The second kappa shape index (κ2) is 7.60. The molecule has 1 aromatic carbocycles. The summed E-state index contributed by atoms with van der Waals surface area (Å²) in [7, 11) is 0. The number of hydrogen-bond acceptors (Lipinski definition) is 2. The fraction of sp³-hybridized carbons (Fsp3) is 0.611. The van der Waals surface area contributed by atoms with Crippen LogP contribution in [0.25, 0.3) is 0 Å². The van der Waals surface area contributed by atoms with E-state index < -0.39 is 5.97 Å². The standard InChI is InChI=1S/C18H27NO2/c1-3-4-8-17(16-7-5-6-14(2)13-16)19-11-9-15(10-12-19)18(20)21/h5-7,13,15,17H,3-4,8-12H2,1-2H3,(H,20,21). The van der Waals surface area contributed by atoms with Gasteiger partial charge in [-0.15, -0.1) is 0 Å². The van der Waals surface area contributed by atoms with E-state index in [1.165, 1.54) is 24.0 Å². The maximum absolute atomic E-state index is 11.1. The van der Waals surface area contributed by atoms with Crippen LogP contribution in [0.3, 0.4) is 0 Å². The Bertz CT molecular complexity index is 464. The summed E-state index contributed by atoms with van der Waals surface area (Å²) in [5.41, 5.74) is 2.69. The zero-order valence-corrected chi connectivity index (χ0v) is 13.2. The van der Waals surface area contributed by atoms with Gasteiger partial charge in [0.2, 0.25) is 0 Å². The number of unbranched alkanes of at least 4 members (excludes halogenated alkanes) is 1. The monoisotopic (exact) mass is 289 g/mol. The van der Waals surface area contributed by atoms with Crippen molar-refractivity contribution in [1.82, 2.24) is 4.90 Å². The SMILES string of the molecule is CCCCC(c1cccc(C)c1)N1CCC(C(=O)O)CC1. The molecule has 1 aromatic rings. The highest BCUT2D eigenvalue weighted by Crippen LogP contribution is 2.31. The summed E-state index contributed by atoms with van der Waals surface area (Å²) in [5, 5.41) is 9.14. The molecule has 0 amide bonds. The Balaban J connectivity index is 2.08. The summed E-state index contributed by atoms with van der Waals surface area (Å²) >= 11 is 0. The second-order valence-corrected chi connectivity index (χ2v) is 6.22. The molecule has 1 saturated heterocycles. The molecule has 3 heteroatoms. The molecule has 0 aliphatic carbocycles. The molecule has 1 heterocycles. The molecular formula is C18H27NO2. The minimum absolute atomic E-state index is 0.148. The smallest absolute Gasteiger partial charge is 0.306 e. The molecule has 0 spiro atoms. The number of hydrogen-bond donors (Lipinski definition) is 1. The fourth-order valence-corrected chi connectivity index (χ4v) is 3.29. The Morgan fingerprint density at radius 1 is 1.38 bits per heavy atom. The Kier molecular flexibility index (Phi) is 5.80. The number of likely N-dealkylation sites (tertiary alicyclic amines) is 1. The zero-order chi connectivity index (χ0) is 15.2. The van der Waals surface area contributed by atoms with Crippen molar-refractivity contribution in [1.29, 1.82) is 0 Å². The highest BCUT2D eigenvalue weighted by atomic mass is 16.4. The number of carbonyl (C=O) groups is 1. The van der Waals surface area contributed by atoms with Gasteiger partial charge in [0.1, 0.15) is 0 Å². The molecule has 1 atom stereocenters. The summed E-state index contributed by atoms with van der Waals surface area (Å²) in [5.74, 6) is -0.777. The molecular weight excluding hydrogens is 262 g/mol. The van der Waals surface area contributed by atoms with Crippen LogP contribution < -0.4 is 0 Å². The lowest BCUT2D eigenvalue weighted by atomic mass is 9.92. The fourth-order valence-electron chi connectivity index (χ4n) is 3.29. The molecule has 1 fully saturated rings. The molecule has 1 aliphatic heterocycles. The predicted octanol–water partition coefficient (Wildman–Crippen LogP) is 4.02. The molecule has 0 bridgehead atoms. The van der Waals surface area contributed by atoms with E-state index in [4.69, 9.17) is 5.11 Å². The first-order valence-electron chi connectivity index (χ1n) is 8.15. The van der Waals surface area contributed by atoms with Gasteiger partial charge < -0.3 is 5.11 Å². The van der Waals surface area contributed by atoms with Crippen molar-refractivity contribution in [2.45, 2.75) is 52.0 Å². The van der Waals surface area contributed by atoms with Gasteiger partial charge in [-0.05, 0) is 44.8 Å². The van der Waals surface area contributed by atoms with E-state index in [1.807, 2.05) is 0 Å². The number of rotatable bonds is 6. The van der Waals surface area contributed by atoms with Gasteiger partial charge in [0.15, 0.2) is 0 Å². The van der Waals surface area contributed by atoms with E-state index in [2.05, 4.69) is 43.0 Å². The molecule has 116 valence electrons. The Labute approximate surface area is 128 Å². The molecule has 2 rings (SSSR count). The summed E-state index contributed by atoms with van der Waals surface area (Å²) in [6, 6.07) is 9.21. The summed E-state index contributed by atoms with van der Waals surface area (Å²) in [4.78, 5) is 13.6. The van der Waals surface area contributed by atoms with Crippen molar-refractivity contribution in [2.24, 2.45) is 5.92 Å². The van der Waals surface area contributed by atoms with E-state index in [0.29, 0.717) is 6.04 Å². The van der Waals surface area contributed by atoms with E-state index in [9.17, 15) is 4.79 Å². The molecule has 0 saturated carbocycles. The van der Waals surface area contributed by atoms with Gasteiger partial charge in [-0.25, -0.2) is 0 Å². The van der Waals surface area contributed by atoms with Crippen LogP contribution in [-0.4, -0.2) is 29.1 Å². The third-order valence-corrected chi connectivity index (χ3v) is 4.58. The largest absolute Gasteiger partial charge is 0.481 e. The average molecular weight is 289 g/mol. The van der Waals surface area contributed by atoms with E-state index in [0.717, 1.165) is 32.4 Å². The third kappa shape index (κ3) is 4.31. The summed E-state index contributed by atoms with van der Waals surface area (Å²) in [6.07, 6.45) is 5.15. The maximum atomic E-state index is 11.1. The van der Waals surface area contributed by atoms with Crippen molar-refractivity contribution >= 4 is 5.97 Å². The van der Waals surface area contributed by atoms with Crippen molar-refractivity contribution in [3.63, 3.8) is 0 Å². The zero-order valence-electron chi connectivity index (χ0n) is 13.2. The number of carboxylic acid groups (broad SMARTS) is 1. The first kappa shape index (κ1) is 16.0. The van der Waals surface area contributed by atoms with Crippen LogP contribution in [0.1, 0.15) is 56.2 Å². The number of aryl methyl sites for hydroxylation is 1. The van der Waals surface area contributed by atoms with Crippen LogP contribution in [0, 0.1) is 12.8 Å².